The first-order chi connectivity index (χ1) is 22.8. The Labute approximate surface area is 275 Å². The SMILES string of the molecule is CC(C)[C@H](C1CC(N2C[C@H](O)C3(CC3)C2)C1)N1CC2(CCN(c3ncnnc3Oc3ccc(F)cc3-c3cncnc3C3CC3)C2)C1. The van der Waals surface area contributed by atoms with Crippen molar-refractivity contribution in [2.24, 2.45) is 22.7 Å². The first-order valence-electron chi connectivity index (χ1n) is 17.7. The van der Waals surface area contributed by atoms with Crippen molar-refractivity contribution in [3.63, 3.8) is 0 Å². The molecule has 47 heavy (non-hydrogen) atoms. The summed E-state index contributed by atoms with van der Waals surface area (Å²) < 4.78 is 21.0. The van der Waals surface area contributed by atoms with Gasteiger partial charge in [0.2, 0.25) is 0 Å². The number of hydrogen-bond donors (Lipinski definition) is 1. The van der Waals surface area contributed by atoms with Crippen molar-refractivity contribution < 1.29 is 14.2 Å². The Morgan fingerprint density at radius 1 is 1.00 bits per heavy atom. The molecule has 5 heterocycles. The lowest BCUT2D eigenvalue weighted by atomic mass is 9.68. The molecule has 6 aliphatic rings. The molecule has 1 aromatic carbocycles. The van der Waals surface area contributed by atoms with Crippen LogP contribution < -0.4 is 9.64 Å². The van der Waals surface area contributed by atoms with E-state index in [0.717, 1.165) is 75.7 Å². The van der Waals surface area contributed by atoms with Crippen LogP contribution in [-0.2, 0) is 0 Å². The number of β-amino-alcohol motifs (C(OH)–C–C–N with tert-alkyl or cyclic N) is 1. The van der Waals surface area contributed by atoms with Gasteiger partial charge in [-0.25, -0.2) is 19.3 Å². The van der Waals surface area contributed by atoms with Crippen LogP contribution in [0.25, 0.3) is 11.1 Å². The lowest BCUT2D eigenvalue weighted by Crippen LogP contribution is -2.65. The van der Waals surface area contributed by atoms with Crippen molar-refractivity contribution in [3.05, 3.63) is 48.6 Å². The summed E-state index contributed by atoms with van der Waals surface area (Å²) in [6.07, 6.45) is 12.9. The molecule has 10 nitrogen and oxygen atoms in total. The van der Waals surface area contributed by atoms with Crippen LogP contribution in [0.5, 0.6) is 11.6 Å². The molecule has 3 aliphatic carbocycles. The van der Waals surface area contributed by atoms with Gasteiger partial charge in [0.15, 0.2) is 5.82 Å². The molecular weight excluding hydrogens is 595 g/mol. The smallest absolute Gasteiger partial charge is 0.282 e. The highest BCUT2D eigenvalue weighted by molar-refractivity contribution is 5.73. The topological polar surface area (TPSA) is 104 Å². The molecule has 3 aliphatic heterocycles. The normalized spacial score (nSPS) is 28.5. The maximum Gasteiger partial charge on any atom is 0.282 e. The summed E-state index contributed by atoms with van der Waals surface area (Å²) in [6.45, 7) is 10.8. The van der Waals surface area contributed by atoms with Crippen LogP contribution in [0.4, 0.5) is 10.2 Å². The summed E-state index contributed by atoms with van der Waals surface area (Å²) in [7, 11) is 0. The molecule has 0 bridgehead atoms. The molecule has 1 N–H and O–H groups in total. The van der Waals surface area contributed by atoms with Gasteiger partial charge in [0.05, 0.1) is 11.8 Å². The fourth-order valence-electron chi connectivity index (χ4n) is 9.47. The van der Waals surface area contributed by atoms with Crippen LogP contribution in [0, 0.1) is 28.5 Å². The van der Waals surface area contributed by atoms with E-state index in [4.69, 9.17) is 4.74 Å². The van der Waals surface area contributed by atoms with Crippen LogP contribution in [0.15, 0.2) is 37.1 Å². The average molecular weight is 641 g/mol. The second kappa shape index (κ2) is 11.1. The third-order valence-corrected chi connectivity index (χ3v) is 12.3. The summed E-state index contributed by atoms with van der Waals surface area (Å²) >= 11 is 0. The molecule has 248 valence electrons. The van der Waals surface area contributed by atoms with Crippen molar-refractivity contribution in [1.82, 2.24) is 34.9 Å². The highest BCUT2D eigenvalue weighted by Crippen LogP contribution is 2.55. The van der Waals surface area contributed by atoms with E-state index in [1.807, 2.05) is 0 Å². The standard InChI is InChI=1S/C36H45FN8O2/c1-22(2)32(24-11-26(12-24)44-15-30(46)36(19-44)7-8-36)45-17-35(18-45)9-10-43(16-35)33-34(42-41-21-40-33)47-29-6-5-25(37)13-27(29)28-14-38-20-39-31(28)23-3-4-23/h5-6,13-14,20-24,26,30,32,46H,3-4,7-12,15-19H2,1-2H3/t24?,26?,30-,32+/m0/s1. The molecule has 9 rings (SSSR count). The van der Waals surface area contributed by atoms with E-state index in [0.29, 0.717) is 46.9 Å². The first kappa shape index (κ1) is 29.8. The van der Waals surface area contributed by atoms with Crippen LogP contribution in [-0.4, -0.2) is 97.5 Å². The number of aromatic nitrogens is 5. The molecule has 3 saturated carbocycles. The molecular formula is C36H45FN8O2. The predicted molar refractivity (Wildman–Crippen MR) is 175 cm³/mol. The zero-order chi connectivity index (χ0) is 31.9. The van der Waals surface area contributed by atoms with E-state index in [9.17, 15) is 9.50 Å². The number of ether oxygens (including phenoxy) is 1. The number of benzene rings is 1. The number of nitrogens with zero attached hydrogens (tertiary/aromatic N) is 8. The second-order valence-corrected chi connectivity index (χ2v) is 15.9. The van der Waals surface area contributed by atoms with Gasteiger partial charge in [-0.3, -0.25) is 9.80 Å². The summed E-state index contributed by atoms with van der Waals surface area (Å²) in [6, 6.07) is 5.80. The predicted octanol–water partition coefficient (Wildman–Crippen LogP) is 4.91. The number of hydrogen-bond acceptors (Lipinski definition) is 10. The van der Waals surface area contributed by atoms with Gasteiger partial charge in [-0.15, -0.1) is 10.2 Å². The highest BCUT2D eigenvalue weighted by atomic mass is 19.1. The molecule has 0 amide bonds. The highest BCUT2D eigenvalue weighted by Gasteiger charge is 2.58. The zero-order valence-corrected chi connectivity index (χ0v) is 27.4. The summed E-state index contributed by atoms with van der Waals surface area (Å²) in [5.74, 6) is 2.88. The van der Waals surface area contributed by atoms with Crippen LogP contribution in [0.3, 0.4) is 0 Å². The van der Waals surface area contributed by atoms with Crippen molar-refractivity contribution in [2.45, 2.75) is 82.9 Å². The van der Waals surface area contributed by atoms with Gasteiger partial charge < -0.3 is 14.7 Å². The molecule has 3 aromatic rings. The molecule has 0 unspecified atom stereocenters. The fourth-order valence-corrected chi connectivity index (χ4v) is 9.47. The monoisotopic (exact) mass is 640 g/mol. The quantitative estimate of drug-likeness (QED) is 0.347. The summed E-state index contributed by atoms with van der Waals surface area (Å²) in [5.41, 5.74) is 2.81. The lowest BCUT2D eigenvalue weighted by molar-refractivity contribution is -0.0790. The Kier molecular flexibility index (Phi) is 7.07. The van der Waals surface area contributed by atoms with E-state index < -0.39 is 0 Å². The summed E-state index contributed by atoms with van der Waals surface area (Å²) in [4.78, 5) is 21.1. The van der Waals surface area contributed by atoms with E-state index in [2.05, 4.69) is 53.7 Å². The third-order valence-electron chi connectivity index (χ3n) is 12.3. The largest absolute Gasteiger partial charge is 0.434 e. The molecule has 11 heteroatoms. The zero-order valence-electron chi connectivity index (χ0n) is 27.4. The van der Waals surface area contributed by atoms with Gasteiger partial charge in [-0.1, -0.05) is 13.8 Å². The minimum absolute atomic E-state index is 0.115. The number of likely N-dealkylation sites (tertiary alicyclic amines) is 2. The van der Waals surface area contributed by atoms with Gasteiger partial charge in [0.25, 0.3) is 5.88 Å². The Hall–Kier alpha value is -3.28. The third kappa shape index (κ3) is 5.29. The Balaban J connectivity index is 0.874. The van der Waals surface area contributed by atoms with Gasteiger partial charge >= 0.3 is 0 Å². The number of anilines is 1. The van der Waals surface area contributed by atoms with E-state index >= 15 is 0 Å². The fraction of sp³-hybridized carbons (Fsp3) is 0.639. The molecule has 2 spiro atoms. The van der Waals surface area contributed by atoms with Crippen molar-refractivity contribution in [2.75, 3.05) is 44.2 Å². The maximum atomic E-state index is 14.6. The Morgan fingerprint density at radius 2 is 1.83 bits per heavy atom. The van der Waals surface area contributed by atoms with E-state index in [1.54, 1.807) is 18.6 Å². The molecule has 2 atom stereocenters. The molecule has 6 fully saturated rings. The second-order valence-electron chi connectivity index (χ2n) is 15.9. The molecule has 3 saturated heterocycles. The average Bonchev–Trinajstić information content (AvgIpc) is 3.95. The van der Waals surface area contributed by atoms with Gasteiger partial charge in [0, 0.05) is 85.4 Å². The number of rotatable bonds is 9. The van der Waals surface area contributed by atoms with E-state index in [-0.39, 0.29) is 22.8 Å². The molecule has 2 aromatic heterocycles. The number of aliphatic hydroxyl groups is 1. The minimum atomic E-state index is -0.343. The van der Waals surface area contributed by atoms with E-state index in [1.165, 1.54) is 44.1 Å². The van der Waals surface area contributed by atoms with Gasteiger partial charge in [0.1, 0.15) is 24.2 Å². The lowest BCUT2D eigenvalue weighted by Gasteiger charge is -2.57. The van der Waals surface area contributed by atoms with Gasteiger partial charge in [-0.2, -0.15) is 0 Å². The Bertz CT molecular complexity index is 1650. The summed E-state index contributed by atoms with van der Waals surface area (Å²) in [5, 5.41) is 19.0. The van der Waals surface area contributed by atoms with Crippen LogP contribution in [0.1, 0.15) is 70.4 Å². The van der Waals surface area contributed by atoms with Gasteiger partial charge in [-0.05, 0) is 75.0 Å². The number of aliphatic hydroxyl groups excluding tert-OH is 1. The number of halogens is 1. The first-order valence-corrected chi connectivity index (χ1v) is 17.7. The Morgan fingerprint density at radius 3 is 2.57 bits per heavy atom. The van der Waals surface area contributed by atoms with Crippen LogP contribution >= 0.6 is 0 Å². The van der Waals surface area contributed by atoms with Crippen LogP contribution in [0.2, 0.25) is 0 Å². The van der Waals surface area contributed by atoms with Crippen molar-refractivity contribution in [3.8, 4) is 22.8 Å². The molecule has 0 radical (unpaired) electrons. The minimum Gasteiger partial charge on any atom is -0.434 e. The van der Waals surface area contributed by atoms with Crippen molar-refractivity contribution in [1.29, 1.82) is 0 Å². The maximum absolute atomic E-state index is 14.6. The van der Waals surface area contributed by atoms with Crippen molar-refractivity contribution >= 4 is 5.82 Å².